The van der Waals surface area contributed by atoms with E-state index in [-0.39, 0.29) is 37.6 Å². The molecule has 1 saturated carbocycles. The number of carbonyl (C=O) groups excluding carboxylic acids is 1. The van der Waals surface area contributed by atoms with Crippen LogP contribution in [0.4, 0.5) is 4.39 Å². The number of benzene rings is 2. The number of methoxy groups -OCH3 is 1. The van der Waals surface area contributed by atoms with Gasteiger partial charge in [0.15, 0.2) is 29.9 Å². The Hall–Kier alpha value is -2.58. The molecule has 1 heterocycles. The Bertz CT molecular complexity index is 1020. The SMILES string of the molecule is COC(=O)CC1(c2ccc3c(c2)OCO3)CC1c1ccc(OCOCC[Si](C)(C)C)c(F)c1. The maximum Gasteiger partial charge on any atom is 0.306 e. The van der Waals surface area contributed by atoms with Crippen LogP contribution in [0.5, 0.6) is 17.2 Å². The number of ether oxygens (including phenoxy) is 5. The number of rotatable bonds is 10. The van der Waals surface area contributed by atoms with E-state index < -0.39 is 19.3 Å². The highest BCUT2D eigenvalue weighted by Gasteiger charge is 2.57. The van der Waals surface area contributed by atoms with Crippen molar-refractivity contribution in [2.45, 2.75) is 49.9 Å². The van der Waals surface area contributed by atoms with Crippen LogP contribution in [0, 0.1) is 5.82 Å². The lowest BCUT2D eigenvalue weighted by atomic mass is 9.87. The van der Waals surface area contributed by atoms with Crippen molar-refractivity contribution in [3.63, 3.8) is 0 Å². The summed E-state index contributed by atoms with van der Waals surface area (Å²) in [6, 6.07) is 11.7. The summed E-state index contributed by atoms with van der Waals surface area (Å²) >= 11 is 0. The molecule has 2 aromatic carbocycles. The van der Waals surface area contributed by atoms with Crippen LogP contribution in [0.25, 0.3) is 0 Å². The van der Waals surface area contributed by atoms with Crippen LogP contribution < -0.4 is 14.2 Å². The molecule has 2 atom stereocenters. The highest BCUT2D eigenvalue weighted by Crippen LogP contribution is 2.63. The quantitative estimate of drug-likeness (QED) is 0.203. The molecule has 0 amide bonds. The van der Waals surface area contributed by atoms with Crippen molar-refractivity contribution in [2.75, 3.05) is 27.3 Å². The van der Waals surface area contributed by atoms with Gasteiger partial charge >= 0.3 is 5.97 Å². The fourth-order valence-corrected chi connectivity index (χ4v) is 5.04. The zero-order valence-corrected chi connectivity index (χ0v) is 20.6. The summed E-state index contributed by atoms with van der Waals surface area (Å²) in [4.78, 5) is 12.2. The Labute approximate surface area is 194 Å². The van der Waals surface area contributed by atoms with E-state index >= 15 is 0 Å². The smallest absolute Gasteiger partial charge is 0.306 e. The van der Waals surface area contributed by atoms with Gasteiger partial charge in [0, 0.05) is 20.1 Å². The first-order chi connectivity index (χ1) is 15.7. The number of fused-ring (bicyclic) bond motifs is 1. The predicted octanol–water partition coefficient (Wildman–Crippen LogP) is 5.23. The largest absolute Gasteiger partial charge is 0.469 e. The van der Waals surface area contributed by atoms with Gasteiger partial charge in [-0.2, -0.15) is 0 Å². The minimum Gasteiger partial charge on any atom is -0.469 e. The second-order valence-corrected chi connectivity index (χ2v) is 15.5. The molecule has 2 unspecified atom stereocenters. The van der Waals surface area contributed by atoms with Gasteiger partial charge in [-0.1, -0.05) is 31.8 Å². The number of hydrogen-bond acceptors (Lipinski definition) is 6. The van der Waals surface area contributed by atoms with Gasteiger partial charge < -0.3 is 23.7 Å². The van der Waals surface area contributed by atoms with E-state index in [0.717, 1.165) is 17.2 Å². The second kappa shape index (κ2) is 9.35. The third-order valence-corrected chi connectivity index (χ3v) is 8.07. The highest BCUT2D eigenvalue weighted by atomic mass is 28.3. The first kappa shape index (κ1) is 23.6. The van der Waals surface area contributed by atoms with Gasteiger partial charge in [0.25, 0.3) is 0 Å². The van der Waals surface area contributed by atoms with Crippen molar-refractivity contribution >= 4 is 14.0 Å². The Kier molecular flexibility index (Phi) is 6.68. The second-order valence-electron chi connectivity index (χ2n) is 9.90. The molecule has 2 aromatic rings. The molecule has 8 heteroatoms. The van der Waals surface area contributed by atoms with Crippen LogP contribution in [0.15, 0.2) is 36.4 Å². The lowest BCUT2D eigenvalue weighted by molar-refractivity contribution is -0.141. The van der Waals surface area contributed by atoms with Gasteiger partial charge in [0.1, 0.15) is 0 Å². The number of carbonyl (C=O) groups is 1. The average Bonchev–Trinajstić information content (AvgIpc) is 3.29. The summed E-state index contributed by atoms with van der Waals surface area (Å²) in [5, 5.41) is 0. The number of halogens is 1. The first-order valence-corrected chi connectivity index (χ1v) is 14.9. The van der Waals surface area contributed by atoms with Gasteiger partial charge in [0.2, 0.25) is 6.79 Å². The summed E-state index contributed by atoms with van der Waals surface area (Å²) in [7, 11) is 0.204. The van der Waals surface area contributed by atoms with Gasteiger partial charge in [-0.05, 0) is 53.8 Å². The third kappa shape index (κ3) is 5.33. The molecule has 0 radical (unpaired) electrons. The molecule has 6 nitrogen and oxygen atoms in total. The van der Waals surface area contributed by atoms with E-state index in [4.69, 9.17) is 23.7 Å². The standard InChI is InChI=1S/C25H31FO6Si/c1-28-24(27)14-25(18-6-8-22-23(12-18)32-16-31-22)13-19(25)17-5-7-21(20(26)11-17)30-15-29-9-10-33(2,3)4/h5-8,11-12,19H,9-10,13-16H2,1-4H3. The van der Waals surface area contributed by atoms with E-state index in [0.29, 0.717) is 24.5 Å². The van der Waals surface area contributed by atoms with Crippen LogP contribution in [0.1, 0.15) is 29.9 Å². The molecular formula is C25H31FO6Si. The molecule has 33 heavy (non-hydrogen) atoms. The maximum absolute atomic E-state index is 14.8. The Balaban J connectivity index is 1.46. The van der Waals surface area contributed by atoms with Crippen LogP contribution >= 0.6 is 0 Å². The van der Waals surface area contributed by atoms with Crippen molar-refractivity contribution in [2.24, 2.45) is 0 Å². The summed E-state index contributed by atoms with van der Waals surface area (Å²) in [6.45, 7) is 7.64. The number of esters is 1. The minimum atomic E-state index is -1.18. The Morgan fingerprint density at radius 3 is 2.67 bits per heavy atom. The zero-order valence-electron chi connectivity index (χ0n) is 19.6. The fourth-order valence-electron chi connectivity index (χ4n) is 4.29. The van der Waals surface area contributed by atoms with Crippen molar-refractivity contribution in [1.29, 1.82) is 0 Å². The van der Waals surface area contributed by atoms with Crippen molar-refractivity contribution in [3.8, 4) is 17.2 Å². The topological polar surface area (TPSA) is 63.2 Å². The maximum atomic E-state index is 14.8. The minimum absolute atomic E-state index is 0.0199. The third-order valence-electron chi connectivity index (χ3n) is 6.36. The Morgan fingerprint density at radius 2 is 1.94 bits per heavy atom. The molecular weight excluding hydrogens is 443 g/mol. The summed E-state index contributed by atoms with van der Waals surface area (Å²) < 4.78 is 41.7. The molecule has 4 rings (SSSR count). The highest BCUT2D eigenvalue weighted by molar-refractivity contribution is 6.76. The van der Waals surface area contributed by atoms with Crippen LogP contribution in [-0.2, 0) is 19.7 Å². The van der Waals surface area contributed by atoms with E-state index in [1.165, 1.54) is 13.2 Å². The molecule has 1 aliphatic heterocycles. The first-order valence-electron chi connectivity index (χ1n) is 11.2. The van der Waals surface area contributed by atoms with Gasteiger partial charge in [-0.15, -0.1) is 0 Å². The Morgan fingerprint density at radius 1 is 1.15 bits per heavy atom. The van der Waals surface area contributed by atoms with Gasteiger partial charge in [-0.25, -0.2) is 4.39 Å². The average molecular weight is 475 g/mol. The number of hydrogen-bond donors (Lipinski definition) is 0. The van der Waals surface area contributed by atoms with Crippen molar-refractivity contribution in [3.05, 3.63) is 53.3 Å². The molecule has 178 valence electrons. The fraction of sp³-hybridized carbons (Fsp3) is 0.480. The van der Waals surface area contributed by atoms with Crippen LogP contribution in [0.3, 0.4) is 0 Å². The molecule has 2 aliphatic rings. The van der Waals surface area contributed by atoms with E-state index in [1.807, 2.05) is 24.3 Å². The van der Waals surface area contributed by atoms with E-state index in [1.54, 1.807) is 6.07 Å². The van der Waals surface area contributed by atoms with Crippen molar-refractivity contribution < 1.29 is 32.9 Å². The molecule has 0 bridgehead atoms. The monoisotopic (exact) mass is 474 g/mol. The normalized spacial score (nSPS) is 21.1. The summed E-state index contributed by atoms with van der Waals surface area (Å²) in [5.41, 5.74) is 1.31. The van der Waals surface area contributed by atoms with Crippen LogP contribution in [-0.4, -0.2) is 41.3 Å². The van der Waals surface area contributed by atoms with E-state index in [9.17, 15) is 9.18 Å². The predicted molar refractivity (Wildman–Crippen MR) is 124 cm³/mol. The molecule has 0 N–H and O–H groups in total. The van der Waals surface area contributed by atoms with Crippen molar-refractivity contribution in [1.82, 2.24) is 0 Å². The van der Waals surface area contributed by atoms with E-state index in [2.05, 4.69) is 19.6 Å². The van der Waals surface area contributed by atoms with Gasteiger partial charge in [-0.3, -0.25) is 4.79 Å². The molecule has 1 aliphatic carbocycles. The molecule has 0 saturated heterocycles. The lowest BCUT2D eigenvalue weighted by Crippen LogP contribution is -2.22. The van der Waals surface area contributed by atoms with Crippen LogP contribution in [0.2, 0.25) is 25.7 Å². The lowest BCUT2D eigenvalue weighted by Gasteiger charge is -2.18. The molecule has 0 spiro atoms. The van der Waals surface area contributed by atoms with Gasteiger partial charge in [0.05, 0.1) is 13.5 Å². The zero-order chi connectivity index (χ0) is 23.6. The molecule has 0 aromatic heterocycles. The summed E-state index contributed by atoms with van der Waals surface area (Å²) in [5.74, 6) is 0.745. The molecule has 1 fully saturated rings. The summed E-state index contributed by atoms with van der Waals surface area (Å²) in [6.07, 6.45) is 0.916.